The first kappa shape index (κ1) is 21.2. The molecule has 0 radical (unpaired) electrons. The van der Waals surface area contributed by atoms with E-state index in [1.807, 2.05) is 0 Å². The molecule has 0 saturated heterocycles. The third-order valence-corrected chi connectivity index (χ3v) is 4.41. The Morgan fingerprint density at radius 1 is 1.13 bits per heavy atom. The number of rotatable bonds is 6. The lowest BCUT2D eigenvalue weighted by atomic mass is 9.97. The van der Waals surface area contributed by atoms with Crippen LogP contribution in [0.5, 0.6) is 5.75 Å². The van der Waals surface area contributed by atoms with Gasteiger partial charge in [-0.25, -0.2) is 4.39 Å². The van der Waals surface area contributed by atoms with Crippen LogP contribution in [0.25, 0.3) is 0 Å². The van der Waals surface area contributed by atoms with E-state index in [2.05, 4.69) is 15.3 Å². The number of ether oxygens (including phenoxy) is 1. The number of nitrogens with one attached hydrogen (secondary N) is 1. The first-order chi connectivity index (χ1) is 14.3. The van der Waals surface area contributed by atoms with Gasteiger partial charge in [-0.05, 0) is 29.3 Å². The Hall–Kier alpha value is -3.49. The Bertz CT molecular complexity index is 1020. The topological polar surface area (TPSA) is 64.1 Å². The van der Waals surface area contributed by atoms with Gasteiger partial charge in [0, 0.05) is 12.4 Å². The van der Waals surface area contributed by atoms with Crippen LogP contribution in [0, 0.1) is 0 Å². The fourth-order valence-electron chi connectivity index (χ4n) is 2.94. The van der Waals surface area contributed by atoms with Crippen molar-refractivity contribution in [3.8, 4) is 5.75 Å². The highest BCUT2D eigenvalue weighted by molar-refractivity contribution is 5.97. The van der Waals surface area contributed by atoms with E-state index in [0.717, 1.165) is 6.07 Å². The van der Waals surface area contributed by atoms with E-state index in [9.17, 15) is 22.4 Å². The molecule has 5 nitrogen and oxygen atoms in total. The van der Waals surface area contributed by atoms with Gasteiger partial charge in [-0.2, -0.15) is 13.2 Å². The summed E-state index contributed by atoms with van der Waals surface area (Å²) in [4.78, 5) is 20.6. The number of pyridine rings is 2. The van der Waals surface area contributed by atoms with Gasteiger partial charge in [0.15, 0.2) is 0 Å². The Balaban J connectivity index is 2.08. The summed E-state index contributed by atoms with van der Waals surface area (Å²) in [5, 5.41) is 2.59. The summed E-state index contributed by atoms with van der Waals surface area (Å²) >= 11 is 0. The highest BCUT2D eigenvalue weighted by Gasteiger charge is 2.37. The molecule has 0 aliphatic carbocycles. The van der Waals surface area contributed by atoms with E-state index < -0.39 is 30.4 Å². The zero-order valence-corrected chi connectivity index (χ0v) is 15.8. The molecule has 1 aromatic carbocycles. The van der Waals surface area contributed by atoms with Gasteiger partial charge in [0.05, 0.1) is 36.2 Å². The summed E-state index contributed by atoms with van der Waals surface area (Å²) in [5.74, 6) is -0.508. The molecule has 2 aromatic heterocycles. The molecule has 9 heteroatoms. The lowest BCUT2D eigenvalue weighted by Gasteiger charge is -2.23. The van der Waals surface area contributed by atoms with Crippen molar-refractivity contribution >= 4 is 5.91 Å². The molecule has 3 aromatic rings. The van der Waals surface area contributed by atoms with Crippen LogP contribution in [0.3, 0.4) is 0 Å². The molecule has 1 N–H and O–H groups in total. The summed E-state index contributed by atoms with van der Waals surface area (Å²) in [6.07, 6.45) is -0.779. The highest BCUT2D eigenvalue weighted by Crippen LogP contribution is 2.35. The molecule has 0 aliphatic rings. The average Bonchev–Trinajstić information content (AvgIpc) is 2.76. The van der Waals surface area contributed by atoms with Crippen molar-refractivity contribution in [1.29, 1.82) is 0 Å². The van der Waals surface area contributed by atoms with E-state index >= 15 is 0 Å². The smallest absolute Gasteiger partial charge is 0.418 e. The maximum absolute atomic E-state index is 13.6. The lowest BCUT2D eigenvalue weighted by Crippen LogP contribution is -2.32. The van der Waals surface area contributed by atoms with Crippen molar-refractivity contribution in [2.24, 2.45) is 0 Å². The third-order valence-electron chi connectivity index (χ3n) is 4.41. The van der Waals surface area contributed by atoms with Gasteiger partial charge < -0.3 is 10.1 Å². The Morgan fingerprint density at radius 2 is 1.87 bits per heavy atom. The van der Waals surface area contributed by atoms with Crippen LogP contribution in [0.15, 0.2) is 61.1 Å². The number of carbonyl (C=O) groups is 1. The van der Waals surface area contributed by atoms with Gasteiger partial charge in [-0.15, -0.1) is 0 Å². The Labute approximate surface area is 169 Å². The fraction of sp³-hybridized carbons (Fsp3) is 0.190. The van der Waals surface area contributed by atoms with Crippen LogP contribution in [-0.4, -0.2) is 23.0 Å². The Kier molecular flexibility index (Phi) is 6.29. The maximum atomic E-state index is 13.6. The van der Waals surface area contributed by atoms with E-state index in [0.29, 0.717) is 11.1 Å². The second-order valence-corrected chi connectivity index (χ2v) is 6.29. The summed E-state index contributed by atoms with van der Waals surface area (Å²) in [6.45, 7) is -0.719. The molecule has 0 fully saturated rings. The predicted octanol–water partition coefficient (Wildman–Crippen LogP) is 4.49. The van der Waals surface area contributed by atoms with Gasteiger partial charge in [0.1, 0.15) is 12.4 Å². The molecule has 0 unspecified atom stereocenters. The SMILES string of the molecule is COc1cnccc1C(=O)N[C@@H](c1ccc(CF)cc1)c1ncccc1C(F)(F)F. The van der Waals surface area contributed by atoms with Crippen LogP contribution in [-0.2, 0) is 12.9 Å². The molecule has 2 heterocycles. The summed E-state index contributed by atoms with van der Waals surface area (Å²) in [7, 11) is 1.35. The van der Waals surface area contributed by atoms with Crippen LogP contribution in [0.1, 0.15) is 38.8 Å². The summed E-state index contributed by atoms with van der Waals surface area (Å²) < 4.78 is 58.7. The Morgan fingerprint density at radius 3 is 2.50 bits per heavy atom. The van der Waals surface area contributed by atoms with Gasteiger partial charge in [-0.1, -0.05) is 24.3 Å². The largest absolute Gasteiger partial charge is 0.494 e. The van der Waals surface area contributed by atoms with Crippen molar-refractivity contribution in [2.75, 3.05) is 7.11 Å². The third kappa shape index (κ3) is 4.56. The van der Waals surface area contributed by atoms with E-state index in [1.54, 1.807) is 0 Å². The number of hydrogen-bond acceptors (Lipinski definition) is 4. The molecule has 30 heavy (non-hydrogen) atoms. The van der Waals surface area contributed by atoms with Crippen LogP contribution < -0.4 is 10.1 Å². The number of carbonyl (C=O) groups excluding carboxylic acids is 1. The zero-order valence-electron chi connectivity index (χ0n) is 15.8. The number of hydrogen-bond donors (Lipinski definition) is 1. The zero-order chi connectivity index (χ0) is 21.7. The van der Waals surface area contributed by atoms with Gasteiger partial charge in [0.2, 0.25) is 0 Å². The normalized spacial score (nSPS) is 12.3. The number of halogens is 4. The quantitative estimate of drug-likeness (QED) is 0.598. The number of amides is 1. The molecule has 1 atom stereocenters. The predicted molar refractivity (Wildman–Crippen MR) is 101 cm³/mol. The number of aromatic nitrogens is 2. The number of methoxy groups -OCH3 is 1. The second kappa shape index (κ2) is 8.89. The van der Waals surface area contributed by atoms with Crippen molar-refractivity contribution in [1.82, 2.24) is 15.3 Å². The average molecular weight is 419 g/mol. The lowest BCUT2D eigenvalue weighted by molar-refractivity contribution is -0.138. The van der Waals surface area contributed by atoms with Crippen LogP contribution >= 0.6 is 0 Å². The van der Waals surface area contributed by atoms with Gasteiger partial charge in [0.25, 0.3) is 5.91 Å². The molecule has 156 valence electrons. The van der Waals surface area contributed by atoms with Crippen LogP contribution in [0.2, 0.25) is 0 Å². The fourth-order valence-corrected chi connectivity index (χ4v) is 2.94. The molecular weight excluding hydrogens is 402 g/mol. The molecule has 0 aliphatic heterocycles. The standard InChI is InChI=1S/C21H17F4N3O2/c1-30-17-12-26-10-8-15(17)20(29)28-18(14-6-4-13(11-22)5-7-14)19-16(21(23,24)25)3-2-9-27-19/h2-10,12,18H,11H2,1H3,(H,28,29)/t18-/m0/s1. The highest BCUT2D eigenvalue weighted by atomic mass is 19.4. The number of benzene rings is 1. The van der Waals surface area contributed by atoms with Crippen LogP contribution in [0.4, 0.5) is 17.6 Å². The van der Waals surface area contributed by atoms with E-state index in [1.165, 1.54) is 62.1 Å². The molecule has 0 bridgehead atoms. The van der Waals surface area contributed by atoms with E-state index in [4.69, 9.17) is 4.74 Å². The van der Waals surface area contributed by atoms with Crippen molar-refractivity contribution in [3.63, 3.8) is 0 Å². The van der Waals surface area contributed by atoms with Crippen molar-refractivity contribution in [2.45, 2.75) is 18.9 Å². The minimum atomic E-state index is -4.68. The minimum Gasteiger partial charge on any atom is -0.494 e. The first-order valence-electron chi connectivity index (χ1n) is 8.81. The molecule has 0 saturated carbocycles. The molecular formula is C21H17F4N3O2. The molecule has 3 rings (SSSR count). The second-order valence-electron chi connectivity index (χ2n) is 6.29. The minimum absolute atomic E-state index is 0.0994. The summed E-state index contributed by atoms with van der Waals surface area (Å²) in [5.41, 5.74) is -0.581. The number of alkyl halides is 4. The first-order valence-corrected chi connectivity index (χ1v) is 8.81. The monoisotopic (exact) mass is 419 g/mol. The maximum Gasteiger partial charge on any atom is 0.418 e. The molecule has 1 amide bonds. The van der Waals surface area contributed by atoms with Crippen molar-refractivity contribution < 1.29 is 27.1 Å². The van der Waals surface area contributed by atoms with Gasteiger partial charge in [-0.3, -0.25) is 14.8 Å². The summed E-state index contributed by atoms with van der Waals surface area (Å²) in [6, 6.07) is 8.02. The van der Waals surface area contributed by atoms with E-state index in [-0.39, 0.29) is 17.0 Å². The number of nitrogens with zero attached hydrogens (tertiary/aromatic N) is 2. The van der Waals surface area contributed by atoms with Gasteiger partial charge >= 0.3 is 6.18 Å². The molecule has 0 spiro atoms. The van der Waals surface area contributed by atoms with Crippen molar-refractivity contribution in [3.05, 3.63) is 89.0 Å².